The van der Waals surface area contributed by atoms with Crippen molar-refractivity contribution in [3.05, 3.63) is 42.4 Å². The molecule has 0 spiro atoms. The molecule has 2 N–H and O–H groups in total. The minimum Gasteiger partial charge on any atom is -0.383 e. The number of hydrogen-bond acceptors (Lipinski definition) is 6. The maximum atomic E-state index is 6.22. The first-order valence-corrected chi connectivity index (χ1v) is 8.97. The van der Waals surface area contributed by atoms with Crippen molar-refractivity contribution in [1.29, 1.82) is 0 Å². The number of methoxy groups -OCH3 is 2. The minimum atomic E-state index is -0.381. The van der Waals surface area contributed by atoms with Gasteiger partial charge >= 0.3 is 0 Å². The van der Waals surface area contributed by atoms with Crippen LogP contribution in [0.5, 0.6) is 0 Å². The predicted molar refractivity (Wildman–Crippen MR) is 103 cm³/mol. The Hall–Kier alpha value is -2.48. The van der Waals surface area contributed by atoms with Crippen LogP contribution in [0.4, 0.5) is 5.82 Å². The van der Waals surface area contributed by atoms with E-state index >= 15 is 0 Å². The summed E-state index contributed by atoms with van der Waals surface area (Å²) in [5, 5.41) is 0.875. The Labute approximate surface area is 158 Å². The van der Waals surface area contributed by atoms with Crippen molar-refractivity contribution in [2.24, 2.45) is 0 Å². The van der Waals surface area contributed by atoms with Crippen molar-refractivity contribution >= 4 is 16.9 Å². The van der Waals surface area contributed by atoms with Gasteiger partial charge in [0.05, 0.1) is 18.0 Å². The molecular formula is C20H24N4O3. The Balaban J connectivity index is 1.76. The van der Waals surface area contributed by atoms with Crippen molar-refractivity contribution in [3.63, 3.8) is 0 Å². The smallest absolute Gasteiger partial charge is 0.183 e. The summed E-state index contributed by atoms with van der Waals surface area (Å²) in [7, 11) is 3.25. The number of benzene rings is 1. The number of aromatic nitrogens is 3. The maximum absolute atomic E-state index is 6.22. The number of nitrogen functional groups attached to an aromatic ring is 1. The van der Waals surface area contributed by atoms with Crippen LogP contribution in [-0.2, 0) is 14.2 Å². The van der Waals surface area contributed by atoms with Crippen molar-refractivity contribution in [3.8, 4) is 11.1 Å². The molecule has 4 rings (SSSR count). The molecule has 3 heterocycles. The van der Waals surface area contributed by atoms with Crippen LogP contribution in [0.1, 0.15) is 18.0 Å². The van der Waals surface area contributed by atoms with Crippen molar-refractivity contribution < 1.29 is 14.2 Å². The van der Waals surface area contributed by atoms with Gasteiger partial charge in [-0.2, -0.15) is 0 Å². The van der Waals surface area contributed by atoms with Gasteiger partial charge in [-0.1, -0.05) is 29.8 Å². The number of anilines is 1. The van der Waals surface area contributed by atoms with Gasteiger partial charge in [0.15, 0.2) is 6.29 Å². The van der Waals surface area contributed by atoms with Crippen molar-refractivity contribution in [1.82, 2.24) is 14.5 Å². The fourth-order valence-corrected chi connectivity index (χ4v) is 3.76. The molecular weight excluding hydrogens is 344 g/mol. The van der Waals surface area contributed by atoms with E-state index in [2.05, 4.69) is 51.9 Å². The first kappa shape index (κ1) is 17.9. The summed E-state index contributed by atoms with van der Waals surface area (Å²) >= 11 is 0. The third kappa shape index (κ3) is 3.18. The lowest BCUT2D eigenvalue weighted by atomic mass is 10.0. The molecule has 0 bridgehead atoms. The van der Waals surface area contributed by atoms with Crippen LogP contribution < -0.4 is 5.73 Å². The maximum Gasteiger partial charge on any atom is 0.183 e. The van der Waals surface area contributed by atoms with Crippen molar-refractivity contribution in [2.45, 2.75) is 31.8 Å². The Morgan fingerprint density at radius 3 is 2.63 bits per heavy atom. The van der Waals surface area contributed by atoms with Gasteiger partial charge in [-0.3, -0.25) is 0 Å². The van der Waals surface area contributed by atoms with Crippen LogP contribution in [0.25, 0.3) is 22.2 Å². The van der Waals surface area contributed by atoms with Crippen LogP contribution in [0, 0.1) is 6.92 Å². The third-order valence-electron chi connectivity index (χ3n) is 5.17. The average Bonchev–Trinajstić information content (AvgIpc) is 3.29. The second-order valence-corrected chi connectivity index (χ2v) is 6.87. The highest BCUT2D eigenvalue weighted by Crippen LogP contribution is 2.37. The Bertz CT molecular complexity index is 934. The van der Waals surface area contributed by atoms with Crippen molar-refractivity contribution in [2.75, 3.05) is 26.6 Å². The van der Waals surface area contributed by atoms with E-state index in [0.29, 0.717) is 12.4 Å². The van der Waals surface area contributed by atoms with Gasteiger partial charge in [-0.15, -0.1) is 0 Å². The fourth-order valence-electron chi connectivity index (χ4n) is 3.76. The first-order valence-electron chi connectivity index (χ1n) is 8.97. The highest BCUT2D eigenvalue weighted by molar-refractivity contribution is 6.00. The normalized spacial score (nSPS) is 20.0. The highest BCUT2D eigenvalue weighted by Gasteiger charge is 2.34. The Morgan fingerprint density at radius 2 is 1.93 bits per heavy atom. The fraction of sp³-hybridized carbons (Fsp3) is 0.400. The molecule has 2 atom stereocenters. The molecule has 1 aliphatic heterocycles. The lowest BCUT2D eigenvalue weighted by Crippen LogP contribution is -2.29. The van der Waals surface area contributed by atoms with Crippen LogP contribution in [0.3, 0.4) is 0 Å². The molecule has 1 aliphatic rings. The van der Waals surface area contributed by atoms with E-state index in [-0.39, 0.29) is 18.4 Å². The van der Waals surface area contributed by atoms with Gasteiger partial charge < -0.3 is 24.5 Å². The summed E-state index contributed by atoms with van der Waals surface area (Å²) in [5.41, 5.74) is 10.4. The zero-order valence-electron chi connectivity index (χ0n) is 15.8. The molecule has 142 valence electrons. The molecule has 0 amide bonds. The third-order valence-corrected chi connectivity index (χ3v) is 5.17. The van der Waals surface area contributed by atoms with E-state index in [9.17, 15) is 0 Å². The largest absolute Gasteiger partial charge is 0.383 e. The van der Waals surface area contributed by atoms with Crippen LogP contribution in [0.15, 0.2) is 36.8 Å². The number of aryl methyl sites for hydroxylation is 1. The lowest BCUT2D eigenvalue weighted by molar-refractivity contribution is -0.167. The standard InChI is InChI=1S/C20H24N4O3/c1-12-4-6-13(7-5-12)15-9-24(19-17(15)18(21)22-11-23-19)14-8-16(27-10-14)20(25-2)26-3/h4-7,9,11,14,16,20H,8,10H2,1-3H3,(H2,21,22,23). The van der Waals surface area contributed by atoms with E-state index in [1.54, 1.807) is 14.2 Å². The number of rotatable bonds is 5. The monoisotopic (exact) mass is 368 g/mol. The molecule has 7 nitrogen and oxygen atoms in total. The van der Waals surface area contributed by atoms with Crippen LogP contribution in [-0.4, -0.2) is 47.8 Å². The van der Waals surface area contributed by atoms with Gasteiger partial charge in [0, 0.05) is 32.4 Å². The Morgan fingerprint density at radius 1 is 1.19 bits per heavy atom. The number of hydrogen-bond donors (Lipinski definition) is 1. The predicted octanol–water partition coefficient (Wildman–Crippen LogP) is 2.94. The molecule has 2 aromatic heterocycles. The van der Waals surface area contributed by atoms with E-state index in [1.165, 1.54) is 11.9 Å². The summed E-state index contributed by atoms with van der Waals surface area (Å²) in [6, 6.07) is 8.50. The summed E-state index contributed by atoms with van der Waals surface area (Å²) < 4.78 is 18.8. The van der Waals surface area contributed by atoms with Gasteiger partial charge in [-0.25, -0.2) is 9.97 Å². The second kappa shape index (κ2) is 7.26. The van der Waals surface area contributed by atoms with E-state index < -0.39 is 0 Å². The zero-order chi connectivity index (χ0) is 19.0. The molecule has 1 aromatic carbocycles. The molecule has 1 saturated heterocycles. The Kier molecular flexibility index (Phi) is 4.82. The van der Waals surface area contributed by atoms with Gasteiger partial charge in [0.25, 0.3) is 0 Å². The first-order chi connectivity index (χ1) is 13.1. The average molecular weight is 368 g/mol. The zero-order valence-corrected chi connectivity index (χ0v) is 15.8. The topological polar surface area (TPSA) is 84.4 Å². The number of nitrogens with zero attached hydrogens (tertiary/aromatic N) is 3. The van der Waals surface area contributed by atoms with E-state index in [1.807, 2.05) is 0 Å². The van der Waals surface area contributed by atoms with Crippen LogP contribution >= 0.6 is 0 Å². The second-order valence-electron chi connectivity index (χ2n) is 6.87. The van der Waals surface area contributed by atoms with Gasteiger partial charge in [0.2, 0.25) is 0 Å². The lowest BCUT2D eigenvalue weighted by Gasteiger charge is -2.19. The quantitative estimate of drug-likeness (QED) is 0.697. The van der Waals surface area contributed by atoms with Gasteiger partial charge in [0.1, 0.15) is 23.9 Å². The molecule has 1 fully saturated rings. The SMILES string of the molecule is COC(OC)C1CC(n2cc(-c3ccc(C)cc3)c3c(N)ncnc32)CO1. The van der Waals surface area contributed by atoms with E-state index in [4.69, 9.17) is 19.9 Å². The highest BCUT2D eigenvalue weighted by atomic mass is 16.7. The molecule has 3 aromatic rings. The summed E-state index contributed by atoms with van der Waals surface area (Å²) in [6.07, 6.45) is 3.88. The number of nitrogens with two attached hydrogens (primary N) is 1. The molecule has 0 aliphatic carbocycles. The summed E-state index contributed by atoms with van der Waals surface area (Å²) in [6.45, 7) is 2.64. The number of fused-ring (bicyclic) bond motifs is 1. The summed E-state index contributed by atoms with van der Waals surface area (Å²) in [5.74, 6) is 0.483. The minimum absolute atomic E-state index is 0.121. The summed E-state index contributed by atoms with van der Waals surface area (Å²) in [4.78, 5) is 8.72. The van der Waals surface area contributed by atoms with Crippen LogP contribution in [0.2, 0.25) is 0 Å². The molecule has 2 unspecified atom stereocenters. The molecule has 0 saturated carbocycles. The van der Waals surface area contributed by atoms with E-state index in [0.717, 1.165) is 28.6 Å². The molecule has 0 radical (unpaired) electrons. The van der Waals surface area contributed by atoms with Gasteiger partial charge in [-0.05, 0) is 12.5 Å². The molecule has 27 heavy (non-hydrogen) atoms. The number of ether oxygens (including phenoxy) is 3. The molecule has 7 heteroatoms.